The van der Waals surface area contributed by atoms with Crippen LogP contribution in [0, 0.1) is 0 Å². The highest BCUT2D eigenvalue weighted by Crippen LogP contribution is 2.34. The molecule has 2 aromatic heterocycles. The van der Waals surface area contributed by atoms with Crippen LogP contribution in [-0.4, -0.2) is 40.0 Å². The Kier molecular flexibility index (Phi) is 5.21. The first-order valence-electron chi connectivity index (χ1n) is 10.5. The maximum Gasteiger partial charge on any atom is 0.417 e. The molecule has 1 aromatic carbocycles. The van der Waals surface area contributed by atoms with E-state index in [1.165, 1.54) is 6.07 Å². The van der Waals surface area contributed by atoms with E-state index < -0.39 is 17.8 Å². The molecule has 0 radical (unpaired) electrons. The summed E-state index contributed by atoms with van der Waals surface area (Å²) >= 11 is 0. The van der Waals surface area contributed by atoms with E-state index in [4.69, 9.17) is 15.2 Å². The molecule has 2 aliphatic heterocycles. The van der Waals surface area contributed by atoms with E-state index in [2.05, 4.69) is 9.97 Å². The van der Waals surface area contributed by atoms with Gasteiger partial charge in [-0.05, 0) is 42.8 Å². The van der Waals surface area contributed by atoms with Crippen molar-refractivity contribution in [2.24, 2.45) is 0 Å². The van der Waals surface area contributed by atoms with Gasteiger partial charge in [0, 0.05) is 29.3 Å². The van der Waals surface area contributed by atoms with Crippen LogP contribution in [0.1, 0.15) is 45.7 Å². The molecule has 1 unspecified atom stereocenters. The molecule has 4 heterocycles. The Morgan fingerprint density at radius 1 is 1.18 bits per heavy atom. The topological polar surface area (TPSA) is 90.6 Å². The second-order valence-electron chi connectivity index (χ2n) is 8.27. The summed E-state index contributed by atoms with van der Waals surface area (Å²) in [6.45, 7) is 3.04. The number of hydrogen-bond donors (Lipinski definition) is 1. The maximum absolute atomic E-state index is 13.6. The van der Waals surface area contributed by atoms with Crippen molar-refractivity contribution in [2.45, 2.75) is 38.5 Å². The van der Waals surface area contributed by atoms with Gasteiger partial charge in [-0.15, -0.1) is 0 Å². The molecule has 1 saturated heterocycles. The van der Waals surface area contributed by atoms with Crippen molar-refractivity contribution in [3.63, 3.8) is 0 Å². The SMILES string of the molecule is C[C@@H]1CN(C(=O)c2ccc3nc(N)c4c(c3c2)COC4)C(c2ccc(C(F)(F)F)cn2)CO1. The Balaban J connectivity index is 1.50. The molecule has 0 spiro atoms. The predicted octanol–water partition coefficient (Wildman–Crippen LogP) is 3.86. The van der Waals surface area contributed by atoms with E-state index in [0.29, 0.717) is 35.8 Å². The summed E-state index contributed by atoms with van der Waals surface area (Å²) < 4.78 is 50.0. The number of rotatable bonds is 2. The third-order valence-electron chi connectivity index (χ3n) is 6.06. The molecule has 0 saturated carbocycles. The zero-order chi connectivity index (χ0) is 23.3. The lowest BCUT2D eigenvalue weighted by Gasteiger charge is -2.38. The number of amides is 1. The molecule has 1 fully saturated rings. The molecule has 1 amide bonds. The van der Waals surface area contributed by atoms with Gasteiger partial charge in [-0.3, -0.25) is 9.78 Å². The third-order valence-corrected chi connectivity index (χ3v) is 6.06. The number of nitrogens with two attached hydrogens (primary N) is 1. The van der Waals surface area contributed by atoms with Gasteiger partial charge in [0.25, 0.3) is 5.91 Å². The Bertz CT molecular complexity index is 1230. The average molecular weight is 458 g/mol. The highest BCUT2D eigenvalue weighted by atomic mass is 19.4. The number of anilines is 1. The first kappa shape index (κ1) is 21.6. The van der Waals surface area contributed by atoms with Crippen LogP contribution in [0.4, 0.5) is 19.0 Å². The third kappa shape index (κ3) is 3.89. The van der Waals surface area contributed by atoms with Crippen LogP contribution in [0.25, 0.3) is 10.9 Å². The molecule has 2 atom stereocenters. The van der Waals surface area contributed by atoms with Crippen molar-refractivity contribution < 1.29 is 27.4 Å². The number of carbonyl (C=O) groups is 1. The molecule has 5 rings (SSSR count). The predicted molar refractivity (Wildman–Crippen MR) is 113 cm³/mol. The van der Waals surface area contributed by atoms with Gasteiger partial charge in [-0.25, -0.2) is 4.98 Å². The normalized spacial score (nSPS) is 20.8. The zero-order valence-corrected chi connectivity index (χ0v) is 17.7. The van der Waals surface area contributed by atoms with E-state index in [1.807, 2.05) is 6.92 Å². The van der Waals surface area contributed by atoms with Gasteiger partial charge in [0.2, 0.25) is 0 Å². The van der Waals surface area contributed by atoms with Crippen LogP contribution in [0.15, 0.2) is 36.5 Å². The van der Waals surface area contributed by atoms with Crippen LogP contribution in [0.3, 0.4) is 0 Å². The Morgan fingerprint density at radius 2 is 1.97 bits per heavy atom. The fourth-order valence-corrected chi connectivity index (χ4v) is 4.31. The van der Waals surface area contributed by atoms with Gasteiger partial charge in [0.1, 0.15) is 5.82 Å². The number of nitrogens with zero attached hydrogens (tertiary/aromatic N) is 3. The second-order valence-corrected chi connectivity index (χ2v) is 8.27. The highest BCUT2D eigenvalue weighted by Gasteiger charge is 2.35. The molecule has 2 N–H and O–H groups in total. The summed E-state index contributed by atoms with van der Waals surface area (Å²) in [5.74, 6) is 0.160. The van der Waals surface area contributed by atoms with Crippen LogP contribution in [0.5, 0.6) is 0 Å². The number of nitrogen functional groups attached to an aromatic ring is 1. The number of alkyl halides is 3. The van der Waals surface area contributed by atoms with Gasteiger partial charge in [-0.2, -0.15) is 13.2 Å². The number of halogens is 3. The molecular weight excluding hydrogens is 437 g/mol. The Hall–Kier alpha value is -3.24. The Labute approximate surface area is 187 Å². The van der Waals surface area contributed by atoms with Gasteiger partial charge < -0.3 is 20.1 Å². The minimum Gasteiger partial charge on any atom is -0.383 e. The number of hydrogen-bond acceptors (Lipinski definition) is 6. The summed E-state index contributed by atoms with van der Waals surface area (Å²) in [5.41, 5.74) is 8.39. The van der Waals surface area contributed by atoms with Gasteiger partial charge >= 0.3 is 6.18 Å². The number of ether oxygens (including phenoxy) is 2. The number of morpholine rings is 1. The van der Waals surface area contributed by atoms with E-state index in [9.17, 15) is 18.0 Å². The Morgan fingerprint density at radius 3 is 2.70 bits per heavy atom. The number of benzene rings is 1. The molecule has 172 valence electrons. The van der Waals surface area contributed by atoms with Gasteiger partial charge in [0.05, 0.1) is 48.7 Å². The van der Waals surface area contributed by atoms with Crippen molar-refractivity contribution in [1.82, 2.24) is 14.9 Å². The summed E-state index contributed by atoms with van der Waals surface area (Å²) in [6.07, 6.45) is -3.92. The molecular formula is C23H21F3N4O3. The molecule has 10 heteroatoms. The van der Waals surface area contributed by atoms with Crippen molar-refractivity contribution in [3.05, 3.63) is 64.5 Å². The first-order chi connectivity index (χ1) is 15.7. The fraction of sp³-hybridized carbons (Fsp3) is 0.348. The number of fused-ring (bicyclic) bond motifs is 3. The van der Waals surface area contributed by atoms with Gasteiger partial charge in [0.15, 0.2) is 0 Å². The van der Waals surface area contributed by atoms with E-state index in [1.54, 1.807) is 23.1 Å². The van der Waals surface area contributed by atoms with Crippen molar-refractivity contribution in [1.29, 1.82) is 0 Å². The van der Waals surface area contributed by atoms with Gasteiger partial charge in [-0.1, -0.05) is 0 Å². The first-order valence-corrected chi connectivity index (χ1v) is 10.5. The van der Waals surface area contributed by atoms with Crippen LogP contribution >= 0.6 is 0 Å². The maximum atomic E-state index is 13.6. The minimum absolute atomic E-state index is 0.139. The van der Waals surface area contributed by atoms with Crippen molar-refractivity contribution >= 4 is 22.6 Å². The molecule has 3 aromatic rings. The minimum atomic E-state index is -4.48. The molecule has 0 aliphatic carbocycles. The summed E-state index contributed by atoms with van der Waals surface area (Å²) in [7, 11) is 0. The number of aromatic nitrogens is 2. The quantitative estimate of drug-likeness (QED) is 0.627. The smallest absolute Gasteiger partial charge is 0.383 e. The molecule has 7 nitrogen and oxygen atoms in total. The monoisotopic (exact) mass is 458 g/mol. The average Bonchev–Trinajstić information content (AvgIpc) is 3.29. The zero-order valence-electron chi connectivity index (χ0n) is 17.7. The lowest BCUT2D eigenvalue weighted by Crippen LogP contribution is -2.47. The van der Waals surface area contributed by atoms with E-state index in [-0.39, 0.29) is 25.2 Å². The molecule has 2 aliphatic rings. The molecule has 0 bridgehead atoms. The second kappa shape index (κ2) is 7.96. The summed E-state index contributed by atoms with van der Waals surface area (Å²) in [6, 6.07) is 6.85. The fourth-order valence-electron chi connectivity index (χ4n) is 4.31. The van der Waals surface area contributed by atoms with Crippen LogP contribution < -0.4 is 5.73 Å². The largest absolute Gasteiger partial charge is 0.417 e. The number of pyridine rings is 2. The number of carbonyl (C=O) groups excluding carboxylic acids is 1. The highest BCUT2D eigenvalue weighted by molar-refractivity contribution is 5.99. The molecule has 33 heavy (non-hydrogen) atoms. The van der Waals surface area contributed by atoms with Crippen molar-refractivity contribution in [3.8, 4) is 0 Å². The van der Waals surface area contributed by atoms with E-state index in [0.717, 1.165) is 28.8 Å². The van der Waals surface area contributed by atoms with Crippen LogP contribution in [-0.2, 0) is 28.9 Å². The van der Waals surface area contributed by atoms with Crippen LogP contribution in [0.2, 0.25) is 0 Å². The lowest BCUT2D eigenvalue weighted by atomic mass is 10.0. The lowest BCUT2D eigenvalue weighted by molar-refractivity contribution is -0.137. The standard InChI is InChI=1S/C23H21F3N4O3/c1-12-8-30(20(11-33-12)19-5-3-14(7-28-19)23(24,25)26)22(31)13-2-4-18-15(6-13)16-9-32-10-17(16)21(27)29-18/h2-7,12,20H,8-11H2,1H3,(H2,27,29)/t12-,20?/m1/s1. The summed E-state index contributed by atoms with van der Waals surface area (Å²) in [4.78, 5) is 23.6. The van der Waals surface area contributed by atoms with E-state index >= 15 is 0 Å². The summed E-state index contributed by atoms with van der Waals surface area (Å²) in [5, 5.41) is 0.799. The van der Waals surface area contributed by atoms with Crippen molar-refractivity contribution in [2.75, 3.05) is 18.9 Å².